The summed E-state index contributed by atoms with van der Waals surface area (Å²) in [5.74, 6) is 0.670. The van der Waals surface area contributed by atoms with E-state index in [1.54, 1.807) is 23.8 Å². The summed E-state index contributed by atoms with van der Waals surface area (Å²) in [6.45, 7) is 3.40. The average Bonchev–Trinajstić information content (AvgIpc) is 2.67. The van der Waals surface area contributed by atoms with Crippen LogP contribution in [-0.4, -0.2) is 66.9 Å². The predicted molar refractivity (Wildman–Crippen MR) is 105 cm³/mol. The summed E-state index contributed by atoms with van der Waals surface area (Å²) in [7, 11) is 1.73. The van der Waals surface area contributed by atoms with Crippen LogP contribution >= 0.6 is 0 Å². The Labute approximate surface area is 167 Å². The molecule has 1 aliphatic heterocycles. The van der Waals surface area contributed by atoms with Crippen molar-refractivity contribution in [3.8, 4) is 0 Å². The lowest BCUT2D eigenvalue weighted by Crippen LogP contribution is -2.51. The van der Waals surface area contributed by atoms with E-state index in [0.29, 0.717) is 44.4 Å². The molecule has 3 fully saturated rings. The number of rotatable bonds is 5. The molecule has 2 bridgehead atoms. The van der Waals surface area contributed by atoms with Gasteiger partial charge in [-0.25, -0.2) is 0 Å². The first-order chi connectivity index (χ1) is 13.4. The van der Waals surface area contributed by atoms with Crippen molar-refractivity contribution in [1.29, 1.82) is 0 Å². The summed E-state index contributed by atoms with van der Waals surface area (Å²) in [5, 5.41) is 0. The van der Waals surface area contributed by atoms with Crippen molar-refractivity contribution < 1.29 is 19.1 Å². The number of carbonyl (C=O) groups excluding carboxylic acids is 3. The summed E-state index contributed by atoms with van der Waals surface area (Å²) in [6.07, 6.45) is 6.46. The molecule has 7 heteroatoms. The summed E-state index contributed by atoms with van der Waals surface area (Å²) >= 11 is 0. The molecule has 0 spiro atoms. The summed E-state index contributed by atoms with van der Waals surface area (Å²) in [5.41, 5.74) is 6.33. The van der Waals surface area contributed by atoms with Crippen LogP contribution in [0.1, 0.15) is 51.9 Å². The number of ether oxygens (including phenoxy) is 1. The quantitative estimate of drug-likeness (QED) is 0.713. The molecule has 1 heterocycles. The smallest absolute Gasteiger partial charge is 0.309 e. The first-order valence-electron chi connectivity index (χ1n) is 10.9. The zero-order valence-corrected chi connectivity index (χ0v) is 17.3. The molecular weight excluding hydrogens is 358 g/mol. The van der Waals surface area contributed by atoms with E-state index in [1.165, 1.54) is 6.42 Å². The van der Waals surface area contributed by atoms with Gasteiger partial charge in [-0.15, -0.1) is 0 Å². The number of nitrogens with zero attached hydrogens (tertiary/aromatic N) is 2. The fourth-order valence-electron chi connectivity index (χ4n) is 5.31. The fraction of sp³-hybridized carbons (Fsp3) is 0.857. The molecule has 0 aromatic rings. The van der Waals surface area contributed by atoms with Crippen LogP contribution in [-0.2, 0) is 19.1 Å². The summed E-state index contributed by atoms with van der Waals surface area (Å²) in [6, 6.07) is 0.241. The number of likely N-dealkylation sites (tertiary alicyclic amines) is 1. The minimum Gasteiger partial charge on any atom is -0.466 e. The molecule has 2 N–H and O–H groups in total. The molecule has 2 saturated carbocycles. The van der Waals surface area contributed by atoms with Crippen LogP contribution in [0, 0.1) is 23.7 Å². The summed E-state index contributed by atoms with van der Waals surface area (Å²) in [4.78, 5) is 40.8. The van der Waals surface area contributed by atoms with Gasteiger partial charge >= 0.3 is 5.97 Å². The van der Waals surface area contributed by atoms with Crippen molar-refractivity contribution in [2.75, 3.05) is 33.3 Å². The van der Waals surface area contributed by atoms with Crippen molar-refractivity contribution in [2.24, 2.45) is 29.4 Å². The number of fused-ring (bicyclic) bond motifs is 2. The maximum absolute atomic E-state index is 12.9. The standard InChI is InChI=1S/C21H35N3O4/c1-3-28-21(27)14-7-9-24(10-8-14)18(25)13-23(2)20(26)17-11-15-5-4-6-16(12-17)19(15)22/h14-17,19H,3-13,22H2,1-2H3. The Morgan fingerprint density at radius 3 is 2.21 bits per heavy atom. The van der Waals surface area contributed by atoms with E-state index >= 15 is 0 Å². The molecule has 0 aromatic carbocycles. The predicted octanol–water partition coefficient (Wildman–Crippen LogP) is 1.40. The molecule has 3 aliphatic rings. The number of hydrogen-bond donors (Lipinski definition) is 1. The van der Waals surface area contributed by atoms with Gasteiger partial charge in [0.2, 0.25) is 11.8 Å². The molecule has 2 unspecified atom stereocenters. The van der Waals surface area contributed by atoms with Crippen molar-refractivity contribution in [3.63, 3.8) is 0 Å². The molecule has 1 saturated heterocycles. The van der Waals surface area contributed by atoms with Crippen LogP contribution in [0.5, 0.6) is 0 Å². The Kier molecular flexibility index (Phi) is 6.96. The third-order valence-electron chi connectivity index (χ3n) is 6.98. The maximum Gasteiger partial charge on any atom is 0.309 e. The molecule has 7 nitrogen and oxygen atoms in total. The van der Waals surface area contributed by atoms with Gasteiger partial charge in [0.1, 0.15) is 0 Å². The zero-order chi connectivity index (χ0) is 20.3. The maximum atomic E-state index is 12.9. The SMILES string of the molecule is CCOC(=O)C1CCN(C(=O)CN(C)C(=O)C2CC3CCCC(C2)C3N)CC1. The van der Waals surface area contributed by atoms with Gasteiger partial charge in [-0.05, 0) is 57.3 Å². The van der Waals surface area contributed by atoms with E-state index in [2.05, 4.69) is 0 Å². The van der Waals surface area contributed by atoms with E-state index in [-0.39, 0.29) is 42.2 Å². The highest BCUT2D eigenvalue weighted by Gasteiger charge is 2.41. The minimum absolute atomic E-state index is 0.00227. The van der Waals surface area contributed by atoms with Gasteiger partial charge in [0.05, 0.1) is 19.1 Å². The Bertz CT molecular complexity index is 574. The normalized spacial score (nSPS) is 30.6. The van der Waals surface area contributed by atoms with Gasteiger partial charge < -0.3 is 20.3 Å². The number of amides is 2. The minimum atomic E-state index is -0.164. The molecule has 3 rings (SSSR count). The highest BCUT2D eigenvalue weighted by atomic mass is 16.5. The topological polar surface area (TPSA) is 92.9 Å². The van der Waals surface area contributed by atoms with Gasteiger partial charge in [-0.2, -0.15) is 0 Å². The van der Waals surface area contributed by atoms with Crippen LogP contribution in [0.15, 0.2) is 0 Å². The number of carbonyl (C=O) groups is 3. The Morgan fingerprint density at radius 2 is 1.64 bits per heavy atom. The lowest BCUT2D eigenvalue weighted by molar-refractivity contribution is -0.151. The molecule has 28 heavy (non-hydrogen) atoms. The zero-order valence-electron chi connectivity index (χ0n) is 17.3. The molecule has 2 amide bonds. The van der Waals surface area contributed by atoms with E-state index in [9.17, 15) is 14.4 Å². The van der Waals surface area contributed by atoms with Crippen LogP contribution in [0.25, 0.3) is 0 Å². The van der Waals surface area contributed by atoms with Crippen molar-refractivity contribution in [3.05, 3.63) is 0 Å². The second-order valence-electron chi connectivity index (χ2n) is 8.80. The molecule has 0 aromatic heterocycles. The lowest BCUT2D eigenvalue weighted by atomic mass is 9.65. The van der Waals surface area contributed by atoms with Gasteiger partial charge in [0.25, 0.3) is 0 Å². The lowest BCUT2D eigenvalue weighted by Gasteiger charge is -2.44. The Hall–Kier alpha value is -1.63. The monoisotopic (exact) mass is 393 g/mol. The van der Waals surface area contributed by atoms with Crippen LogP contribution < -0.4 is 5.73 Å². The van der Waals surface area contributed by atoms with Crippen molar-refractivity contribution in [1.82, 2.24) is 9.80 Å². The third-order valence-corrected chi connectivity index (χ3v) is 6.98. The first-order valence-corrected chi connectivity index (χ1v) is 10.9. The van der Waals surface area contributed by atoms with E-state index < -0.39 is 0 Å². The van der Waals surface area contributed by atoms with E-state index in [0.717, 1.165) is 25.7 Å². The van der Waals surface area contributed by atoms with Crippen LogP contribution in [0.4, 0.5) is 0 Å². The molecular formula is C21H35N3O4. The average molecular weight is 394 g/mol. The number of piperidine rings is 1. The molecule has 158 valence electrons. The Morgan fingerprint density at radius 1 is 1.04 bits per heavy atom. The largest absolute Gasteiger partial charge is 0.466 e. The van der Waals surface area contributed by atoms with Crippen molar-refractivity contribution in [2.45, 2.75) is 57.9 Å². The number of likely N-dealkylation sites (N-methyl/N-ethyl adjacent to an activating group) is 1. The number of esters is 1. The highest BCUT2D eigenvalue weighted by molar-refractivity contribution is 5.86. The summed E-state index contributed by atoms with van der Waals surface area (Å²) < 4.78 is 5.07. The molecule has 2 atom stereocenters. The fourth-order valence-corrected chi connectivity index (χ4v) is 5.31. The third kappa shape index (κ3) is 4.67. The van der Waals surface area contributed by atoms with Crippen LogP contribution in [0.3, 0.4) is 0 Å². The second-order valence-corrected chi connectivity index (χ2v) is 8.80. The highest BCUT2D eigenvalue weighted by Crippen LogP contribution is 2.42. The first kappa shape index (κ1) is 21.1. The van der Waals surface area contributed by atoms with E-state index in [1.807, 2.05) is 0 Å². The molecule has 2 aliphatic carbocycles. The van der Waals surface area contributed by atoms with Gasteiger partial charge in [-0.1, -0.05) is 6.42 Å². The second kappa shape index (κ2) is 9.25. The van der Waals surface area contributed by atoms with Gasteiger partial charge in [0.15, 0.2) is 0 Å². The van der Waals surface area contributed by atoms with Gasteiger partial charge in [-0.3, -0.25) is 14.4 Å². The van der Waals surface area contributed by atoms with Crippen LogP contribution in [0.2, 0.25) is 0 Å². The Balaban J connectivity index is 1.47. The number of nitrogens with two attached hydrogens (primary N) is 1. The number of hydrogen-bond acceptors (Lipinski definition) is 5. The van der Waals surface area contributed by atoms with Gasteiger partial charge in [0, 0.05) is 32.1 Å². The van der Waals surface area contributed by atoms with E-state index in [4.69, 9.17) is 10.5 Å². The molecule has 0 radical (unpaired) electrons. The van der Waals surface area contributed by atoms with Crippen molar-refractivity contribution >= 4 is 17.8 Å².